The van der Waals surface area contributed by atoms with Crippen molar-refractivity contribution < 1.29 is 14.3 Å². The van der Waals surface area contributed by atoms with E-state index in [-0.39, 0.29) is 5.97 Å². The van der Waals surface area contributed by atoms with E-state index in [9.17, 15) is 10.0 Å². The molecule has 0 aromatic carbocycles. The quantitative estimate of drug-likeness (QED) is 0.251. The normalized spacial score (nSPS) is 12.7. The highest BCUT2D eigenvalue weighted by Crippen LogP contribution is 2.36. The molecular formula is C22H29NO3. The van der Waals surface area contributed by atoms with Crippen LogP contribution < -0.4 is 0 Å². The number of hydrogen-bond donors (Lipinski definition) is 0. The molecule has 2 aliphatic carbocycles. The van der Waals surface area contributed by atoms with E-state index < -0.39 is 5.54 Å². The van der Waals surface area contributed by atoms with Gasteiger partial charge in [0.1, 0.15) is 0 Å². The van der Waals surface area contributed by atoms with Crippen LogP contribution in [0, 0.1) is 12.1 Å². The van der Waals surface area contributed by atoms with Crippen molar-refractivity contribution in [3.05, 3.63) is 51.7 Å². The molecule has 0 heterocycles. The van der Waals surface area contributed by atoms with Crippen molar-refractivity contribution in [3.8, 4) is 11.1 Å². The number of esters is 1. The van der Waals surface area contributed by atoms with Crippen LogP contribution >= 0.6 is 0 Å². The second kappa shape index (κ2) is 7.48. The summed E-state index contributed by atoms with van der Waals surface area (Å²) in [6.45, 7) is 13.9. The van der Waals surface area contributed by atoms with Gasteiger partial charge in [-0.15, -0.1) is 0 Å². The number of ether oxygens (including phenoxy) is 1. The predicted octanol–water partition coefficient (Wildman–Crippen LogP) is 5.13. The van der Waals surface area contributed by atoms with Gasteiger partial charge in [0.05, 0.1) is 12.2 Å². The second-order valence-electron chi connectivity index (χ2n) is 7.96. The Morgan fingerprint density at radius 1 is 1.27 bits per heavy atom. The van der Waals surface area contributed by atoms with Gasteiger partial charge in [-0.2, -0.15) is 0 Å². The Hall–Kier alpha value is -2.36. The van der Waals surface area contributed by atoms with Gasteiger partial charge in [0.15, 0.2) is 11.8 Å². The molecule has 26 heavy (non-hydrogen) atoms. The third-order valence-corrected chi connectivity index (χ3v) is 4.46. The average molecular weight is 355 g/mol. The van der Waals surface area contributed by atoms with E-state index in [0.29, 0.717) is 18.1 Å². The molecule has 0 N–H and O–H groups in total. The Balaban J connectivity index is 2.79. The Morgan fingerprint density at radius 3 is 2.46 bits per heavy atom. The van der Waals surface area contributed by atoms with E-state index >= 15 is 0 Å². The minimum absolute atomic E-state index is 0.315. The first kappa shape index (κ1) is 20.0. The van der Waals surface area contributed by atoms with Gasteiger partial charge in [-0.3, -0.25) is 0 Å². The molecule has 2 aliphatic rings. The van der Waals surface area contributed by atoms with Gasteiger partial charge in [0.2, 0.25) is 0 Å². The molecule has 0 saturated carbocycles. The lowest BCUT2D eigenvalue weighted by atomic mass is 10.0. The van der Waals surface area contributed by atoms with Gasteiger partial charge in [0, 0.05) is 26.3 Å². The fraction of sp³-hybridized carbons (Fsp3) is 0.455. The lowest BCUT2D eigenvalue weighted by molar-refractivity contribution is -0.530. The molecule has 4 nitrogen and oxygen atoms in total. The van der Waals surface area contributed by atoms with Crippen LogP contribution in [-0.4, -0.2) is 29.1 Å². The van der Waals surface area contributed by atoms with Crippen molar-refractivity contribution in [1.29, 1.82) is 0 Å². The molecule has 0 atom stereocenters. The summed E-state index contributed by atoms with van der Waals surface area (Å²) in [6.07, 6.45) is 1.58. The Labute approximate surface area is 156 Å². The first-order valence-corrected chi connectivity index (χ1v) is 9.12. The largest absolute Gasteiger partial charge is 0.623 e. The zero-order valence-electron chi connectivity index (χ0n) is 16.8. The highest BCUT2D eigenvalue weighted by molar-refractivity contribution is 6.05. The zero-order chi connectivity index (χ0) is 19.6. The summed E-state index contributed by atoms with van der Waals surface area (Å²) in [6, 6.07) is 7.97. The van der Waals surface area contributed by atoms with Gasteiger partial charge in [-0.1, -0.05) is 32.0 Å². The van der Waals surface area contributed by atoms with Crippen molar-refractivity contribution >= 4 is 12.2 Å². The number of carbonyl (C=O) groups excluding carboxylic acids is 1. The fourth-order valence-corrected chi connectivity index (χ4v) is 2.85. The highest BCUT2D eigenvalue weighted by atomic mass is 16.5. The molecule has 0 saturated heterocycles. The summed E-state index contributed by atoms with van der Waals surface area (Å²) < 4.78 is 6.18. The van der Waals surface area contributed by atoms with Crippen LogP contribution in [0.1, 0.15) is 74.5 Å². The maximum atomic E-state index is 12.5. The SMILES string of the molecule is CCOC(=O)c1cc(C=[N+]([O-])C(C)(C)C)c2cc(C(C)C)ccc(C)c1-2. The topological polar surface area (TPSA) is 52.4 Å². The number of hydroxylamine groups is 1. The lowest BCUT2D eigenvalue weighted by Gasteiger charge is -2.18. The third-order valence-electron chi connectivity index (χ3n) is 4.46. The van der Waals surface area contributed by atoms with Gasteiger partial charge >= 0.3 is 5.97 Å². The first-order valence-electron chi connectivity index (χ1n) is 9.12. The predicted molar refractivity (Wildman–Crippen MR) is 106 cm³/mol. The number of aryl methyl sites for hydroxylation is 1. The molecule has 0 aliphatic heterocycles. The smallest absolute Gasteiger partial charge is 0.338 e. The van der Waals surface area contributed by atoms with E-state index in [2.05, 4.69) is 26.0 Å². The van der Waals surface area contributed by atoms with Gasteiger partial charge in [-0.25, -0.2) is 9.53 Å². The molecule has 0 bridgehead atoms. The summed E-state index contributed by atoms with van der Waals surface area (Å²) in [4.78, 5) is 12.5. The summed E-state index contributed by atoms with van der Waals surface area (Å²) in [5.41, 5.74) is 4.61. The van der Waals surface area contributed by atoms with E-state index in [1.165, 1.54) is 0 Å². The molecule has 0 fully saturated rings. The van der Waals surface area contributed by atoms with Crippen LogP contribution in [0.3, 0.4) is 0 Å². The number of fused-ring (bicyclic) bond motifs is 1. The van der Waals surface area contributed by atoms with Crippen molar-refractivity contribution in [2.45, 2.75) is 59.9 Å². The standard InChI is InChI=1S/C22H29NO3/c1-8-26-21(24)19-12-17(13-23(25)22(5,6)7)18-11-16(14(2)3)10-9-15(4)20(18)19/h9-14H,8H2,1-7H3. The summed E-state index contributed by atoms with van der Waals surface area (Å²) in [5.74, 6) is -0.0180. The Bertz CT molecular complexity index is 813. The Kier molecular flexibility index (Phi) is 5.74. The summed E-state index contributed by atoms with van der Waals surface area (Å²) in [5, 5.41) is 12.5. The molecule has 4 heteroatoms. The molecule has 0 aromatic heterocycles. The summed E-state index contributed by atoms with van der Waals surface area (Å²) in [7, 11) is 0. The first-order chi connectivity index (χ1) is 12.1. The second-order valence-corrected chi connectivity index (χ2v) is 7.96. The minimum atomic E-state index is -0.555. The highest BCUT2D eigenvalue weighted by Gasteiger charge is 2.26. The van der Waals surface area contributed by atoms with Crippen molar-refractivity contribution in [1.82, 2.24) is 0 Å². The van der Waals surface area contributed by atoms with E-state index in [0.717, 1.165) is 32.6 Å². The number of nitrogens with zero attached hydrogens (tertiary/aromatic N) is 1. The molecule has 0 aromatic rings. The Morgan fingerprint density at radius 2 is 1.92 bits per heavy atom. The molecule has 0 radical (unpaired) electrons. The minimum Gasteiger partial charge on any atom is -0.623 e. The molecular weight excluding hydrogens is 326 g/mol. The van der Waals surface area contributed by atoms with Crippen molar-refractivity contribution in [2.75, 3.05) is 6.61 Å². The molecule has 0 unspecified atom stereocenters. The molecule has 2 rings (SSSR count). The monoisotopic (exact) mass is 355 g/mol. The van der Waals surface area contributed by atoms with Crippen LogP contribution in [0.25, 0.3) is 11.1 Å². The maximum absolute atomic E-state index is 12.5. The van der Waals surface area contributed by atoms with Gasteiger partial charge < -0.3 is 9.94 Å². The molecule has 0 amide bonds. The summed E-state index contributed by atoms with van der Waals surface area (Å²) >= 11 is 0. The van der Waals surface area contributed by atoms with Crippen molar-refractivity contribution in [3.63, 3.8) is 0 Å². The number of carbonyl (C=O) groups is 1. The van der Waals surface area contributed by atoms with Gasteiger partial charge in [0.25, 0.3) is 0 Å². The van der Waals surface area contributed by atoms with E-state index in [1.807, 2.05) is 33.8 Å². The number of rotatable bonds is 4. The van der Waals surface area contributed by atoms with Crippen LogP contribution in [0.5, 0.6) is 0 Å². The molecule has 0 spiro atoms. The van der Waals surface area contributed by atoms with Crippen LogP contribution in [0.4, 0.5) is 0 Å². The van der Waals surface area contributed by atoms with Gasteiger partial charge in [-0.05, 0) is 48.1 Å². The fourth-order valence-electron chi connectivity index (χ4n) is 2.85. The maximum Gasteiger partial charge on any atom is 0.338 e. The zero-order valence-corrected chi connectivity index (χ0v) is 16.8. The van der Waals surface area contributed by atoms with Crippen LogP contribution in [0.15, 0.2) is 24.3 Å². The van der Waals surface area contributed by atoms with Crippen LogP contribution in [0.2, 0.25) is 0 Å². The van der Waals surface area contributed by atoms with Crippen LogP contribution in [-0.2, 0) is 4.74 Å². The van der Waals surface area contributed by atoms with Crippen molar-refractivity contribution in [2.24, 2.45) is 0 Å². The molecule has 140 valence electrons. The lowest BCUT2D eigenvalue weighted by Crippen LogP contribution is -2.29. The van der Waals surface area contributed by atoms with E-state index in [1.54, 1.807) is 19.2 Å². The number of hydrogen-bond acceptors (Lipinski definition) is 3. The third kappa shape index (κ3) is 4.06. The average Bonchev–Trinajstić information content (AvgIpc) is 2.78. The van der Waals surface area contributed by atoms with E-state index in [4.69, 9.17) is 4.74 Å².